The molecule has 2 aliphatic rings. The molecule has 1 aliphatic heterocycles. The number of ether oxygens (including phenoxy) is 1. The number of carbonyl (C=O) groups excluding carboxylic acids is 1. The molecule has 31 heavy (non-hydrogen) atoms. The number of likely N-dealkylation sites (tertiary alicyclic amines) is 1. The van der Waals surface area contributed by atoms with Crippen LogP contribution in [0.1, 0.15) is 56.9 Å². The SMILES string of the molecule is CN=C(NCCCCOCCc1ccccc1)NC1CCN(C(=O)C2CCCCC2)C1. The predicted octanol–water partition coefficient (Wildman–Crippen LogP) is 3.37. The van der Waals surface area contributed by atoms with Crippen molar-refractivity contribution in [1.82, 2.24) is 15.5 Å². The number of hydrogen-bond acceptors (Lipinski definition) is 3. The molecule has 1 atom stereocenters. The number of nitrogens with zero attached hydrogens (tertiary/aromatic N) is 2. The van der Waals surface area contributed by atoms with E-state index in [1.165, 1.54) is 24.8 Å². The topological polar surface area (TPSA) is 66.0 Å². The molecule has 0 bridgehead atoms. The van der Waals surface area contributed by atoms with Crippen LogP contribution in [0.4, 0.5) is 0 Å². The van der Waals surface area contributed by atoms with Gasteiger partial charge in [-0.1, -0.05) is 49.6 Å². The zero-order chi connectivity index (χ0) is 21.7. The van der Waals surface area contributed by atoms with Crippen molar-refractivity contribution in [2.24, 2.45) is 10.9 Å². The summed E-state index contributed by atoms with van der Waals surface area (Å²) < 4.78 is 5.75. The lowest BCUT2D eigenvalue weighted by Gasteiger charge is -2.26. The molecule has 1 aliphatic carbocycles. The molecule has 1 saturated heterocycles. The van der Waals surface area contributed by atoms with Crippen LogP contribution in [0.5, 0.6) is 0 Å². The van der Waals surface area contributed by atoms with E-state index in [1.54, 1.807) is 0 Å². The van der Waals surface area contributed by atoms with Gasteiger partial charge in [-0.2, -0.15) is 0 Å². The molecule has 1 aromatic carbocycles. The van der Waals surface area contributed by atoms with Gasteiger partial charge in [-0.25, -0.2) is 0 Å². The number of benzene rings is 1. The summed E-state index contributed by atoms with van der Waals surface area (Å²) in [5.74, 6) is 1.47. The third kappa shape index (κ3) is 8.17. The van der Waals surface area contributed by atoms with Gasteiger partial charge in [0.1, 0.15) is 0 Å². The van der Waals surface area contributed by atoms with Crippen LogP contribution in [0.25, 0.3) is 0 Å². The number of aliphatic imine (C=N–C) groups is 1. The van der Waals surface area contributed by atoms with E-state index in [0.29, 0.717) is 11.9 Å². The van der Waals surface area contributed by atoms with Crippen LogP contribution in [0.3, 0.4) is 0 Å². The number of unbranched alkanes of at least 4 members (excludes halogenated alkanes) is 1. The lowest BCUT2D eigenvalue weighted by atomic mass is 9.88. The second-order valence-corrected chi connectivity index (χ2v) is 8.80. The minimum absolute atomic E-state index is 0.264. The zero-order valence-electron chi connectivity index (χ0n) is 19.2. The summed E-state index contributed by atoms with van der Waals surface area (Å²) in [5, 5.41) is 6.90. The van der Waals surface area contributed by atoms with Gasteiger partial charge in [0.05, 0.1) is 6.61 Å². The maximum Gasteiger partial charge on any atom is 0.225 e. The summed E-state index contributed by atoms with van der Waals surface area (Å²) in [6.45, 7) is 4.11. The van der Waals surface area contributed by atoms with Gasteiger partial charge >= 0.3 is 0 Å². The molecule has 1 unspecified atom stereocenters. The van der Waals surface area contributed by atoms with Crippen molar-refractivity contribution in [1.29, 1.82) is 0 Å². The van der Waals surface area contributed by atoms with Gasteiger partial charge in [0, 0.05) is 45.2 Å². The quantitative estimate of drug-likeness (QED) is 0.341. The smallest absolute Gasteiger partial charge is 0.225 e. The van der Waals surface area contributed by atoms with Crippen molar-refractivity contribution in [2.75, 3.05) is 39.9 Å². The molecule has 1 amide bonds. The van der Waals surface area contributed by atoms with Crippen molar-refractivity contribution in [3.05, 3.63) is 35.9 Å². The van der Waals surface area contributed by atoms with Crippen LogP contribution in [0.15, 0.2) is 35.3 Å². The maximum absolute atomic E-state index is 12.7. The van der Waals surface area contributed by atoms with E-state index in [0.717, 1.165) is 77.3 Å². The van der Waals surface area contributed by atoms with Gasteiger partial charge < -0.3 is 20.3 Å². The molecular formula is C25H40N4O2. The van der Waals surface area contributed by atoms with E-state index >= 15 is 0 Å². The van der Waals surface area contributed by atoms with Crippen molar-refractivity contribution < 1.29 is 9.53 Å². The van der Waals surface area contributed by atoms with E-state index in [4.69, 9.17) is 4.74 Å². The maximum atomic E-state index is 12.7. The van der Waals surface area contributed by atoms with Crippen molar-refractivity contribution >= 4 is 11.9 Å². The number of hydrogen-bond donors (Lipinski definition) is 2. The fraction of sp³-hybridized carbons (Fsp3) is 0.680. The zero-order valence-corrected chi connectivity index (χ0v) is 19.2. The number of guanidine groups is 1. The Balaban J connectivity index is 1.23. The summed E-state index contributed by atoms with van der Waals surface area (Å²) in [6, 6.07) is 10.8. The summed E-state index contributed by atoms with van der Waals surface area (Å²) >= 11 is 0. The second kappa shape index (κ2) is 13.4. The van der Waals surface area contributed by atoms with Gasteiger partial charge in [-0.3, -0.25) is 9.79 Å². The Hall–Kier alpha value is -2.08. The summed E-state index contributed by atoms with van der Waals surface area (Å²) in [5.41, 5.74) is 1.32. The molecule has 0 spiro atoms. The Bertz CT molecular complexity index is 673. The lowest BCUT2D eigenvalue weighted by molar-refractivity contribution is -0.135. The van der Waals surface area contributed by atoms with Crippen LogP contribution >= 0.6 is 0 Å². The third-order valence-electron chi connectivity index (χ3n) is 6.40. The number of rotatable bonds is 10. The Morgan fingerprint density at radius 1 is 1.10 bits per heavy atom. The first-order valence-electron chi connectivity index (χ1n) is 12.1. The largest absolute Gasteiger partial charge is 0.381 e. The lowest BCUT2D eigenvalue weighted by Crippen LogP contribution is -2.45. The first-order valence-corrected chi connectivity index (χ1v) is 12.1. The molecule has 0 radical (unpaired) electrons. The Labute approximate surface area is 187 Å². The number of amides is 1. The average Bonchev–Trinajstić information content (AvgIpc) is 3.29. The normalized spacial score (nSPS) is 20.1. The molecule has 0 aromatic heterocycles. The minimum Gasteiger partial charge on any atom is -0.381 e. The molecule has 172 valence electrons. The molecule has 1 saturated carbocycles. The summed E-state index contributed by atoms with van der Waals surface area (Å²) in [7, 11) is 1.81. The molecule has 2 N–H and O–H groups in total. The second-order valence-electron chi connectivity index (χ2n) is 8.80. The van der Waals surface area contributed by atoms with E-state index in [2.05, 4.69) is 44.8 Å². The van der Waals surface area contributed by atoms with E-state index in [1.807, 2.05) is 13.1 Å². The fourth-order valence-electron chi connectivity index (χ4n) is 4.55. The first-order chi connectivity index (χ1) is 15.3. The average molecular weight is 429 g/mol. The highest BCUT2D eigenvalue weighted by atomic mass is 16.5. The highest BCUT2D eigenvalue weighted by molar-refractivity contribution is 5.81. The highest BCUT2D eigenvalue weighted by Crippen LogP contribution is 2.26. The Morgan fingerprint density at radius 3 is 2.68 bits per heavy atom. The molecule has 6 heteroatoms. The van der Waals surface area contributed by atoms with E-state index < -0.39 is 0 Å². The van der Waals surface area contributed by atoms with Crippen LogP contribution in [0.2, 0.25) is 0 Å². The number of carbonyl (C=O) groups is 1. The molecule has 3 rings (SSSR count). The van der Waals surface area contributed by atoms with Crippen molar-refractivity contribution in [3.8, 4) is 0 Å². The predicted molar refractivity (Wildman–Crippen MR) is 126 cm³/mol. The van der Waals surface area contributed by atoms with Crippen molar-refractivity contribution in [3.63, 3.8) is 0 Å². The van der Waals surface area contributed by atoms with E-state index in [-0.39, 0.29) is 5.92 Å². The third-order valence-corrected chi connectivity index (χ3v) is 6.40. The Kier molecular flexibility index (Phi) is 10.2. The van der Waals surface area contributed by atoms with Gasteiger partial charge in [-0.05, 0) is 44.1 Å². The van der Waals surface area contributed by atoms with Gasteiger partial charge in [0.15, 0.2) is 5.96 Å². The monoisotopic (exact) mass is 428 g/mol. The standard InChI is InChI=1S/C25H40N4O2/c1-26-25(27-16-8-9-18-31-19-15-21-10-4-2-5-11-21)28-23-14-17-29(20-23)24(30)22-12-6-3-7-13-22/h2,4-5,10-11,22-23H,3,6-9,12-20H2,1H3,(H2,26,27,28). The summed E-state index contributed by atoms with van der Waals surface area (Å²) in [6.07, 6.45) is 9.90. The van der Waals surface area contributed by atoms with Gasteiger partial charge in [-0.15, -0.1) is 0 Å². The molecule has 2 fully saturated rings. The van der Waals surface area contributed by atoms with Crippen LogP contribution in [-0.4, -0.2) is 62.7 Å². The number of nitrogens with one attached hydrogen (secondary N) is 2. The van der Waals surface area contributed by atoms with Crippen LogP contribution < -0.4 is 10.6 Å². The fourth-order valence-corrected chi connectivity index (χ4v) is 4.55. The Morgan fingerprint density at radius 2 is 1.90 bits per heavy atom. The van der Waals surface area contributed by atoms with Gasteiger partial charge in [0.2, 0.25) is 5.91 Å². The first kappa shape index (κ1) is 23.6. The minimum atomic E-state index is 0.264. The highest BCUT2D eigenvalue weighted by Gasteiger charge is 2.31. The van der Waals surface area contributed by atoms with Crippen LogP contribution in [-0.2, 0) is 16.0 Å². The molecular weight excluding hydrogens is 388 g/mol. The molecule has 6 nitrogen and oxygen atoms in total. The summed E-state index contributed by atoms with van der Waals surface area (Å²) in [4.78, 5) is 19.2. The van der Waals surface area contributed by atoms with Gasteiger partial charge in [0.25, 0.3) is 0 Å². The molecule has 1 aromatic rings. The molecule has 1 heterocycles. The van der Waals surface area contributed by atoms with E-state index in [9.17, 15) is 4.79 Å². The van der Waals surface area contributed by atoms with Crippen LogP contribution in [0, 0.1) is 5.92 Å². The van der Waals surface area contributed by atoms with Crippen molar-refractivity contribution in [2.45, 2.75) is 63.8 Å².